The minimum Gasteiger partial charge on any atom is -0.339 e. The molecule has 0 aromatic rings. The fourth-order valence-electron chi connectivity index (χ4n) is 2.92. The number of nitrogens with one attached hydrogen (secondary N) is 1. The Bertz CT molecular complexity index is 424. The number of hydrogen-bond acceptors (Lipinski definition) is 4. The molecule has 0 aromatic carbocycles. The Kier molecular flexibility index (Phi) is 4.27. The predicted molar refractivity (Wildman–Crippen MR) is 72.9 cm³/mol. The van der Waals surface area contributed by atoms with Gasteiger partial charge in [0, 0.05) is 19.1 Å². The van der Waals surface area contributed by atoms with Crippen molar-refractivity contribution in [3.8, 4) is 0 Å². The van der Waals surface area contributed by atoms with Crippen LogP contribution in [0.5, 0.6) is 0 Å². The average Bonchev–Trinajstić information content (AvgIpc) is 2.93. The molecule has 1 N–H and O–H groups in total. The van der Waals surface area contributed by atoms with Crippen LogP contribution >= 0.6 is 0 Å². The monoisotopic (exact) mass is 282 g/mol. The summed E-state index contributed by atoms with van der Waals surface area (Å²) in [5, 5.41) is 2.18. The van der Waals surface area contributed by atoms with E-state index in [2.05, 4.69) is 17.1 Å². The summed E-state index contributed by atoms with van der Waals surface area (Å²) < 4.78 is 0. The first-order valence-electron chi connectivity index (χ1n) is 6.95. The third-order valence-electron chi connectivity index (χ3n) is 4.14. The molecule has 2 aliphatic heterocycles. The van der Waals surface area contributed by atoms with Crippen LogP contribution in [0.2, 0.25) is 0 Å². The van der Waals surface area contributed by atoms with Gasteiger partial charge in [-0.1, -0.05) is 13.3 Å². The van der Waals surface area contributed by atoms with Gasteiger partial charge in [-0.15, -0.1) is 0 Å². The van der Waals surface area contributed by atoms with Gasteiger partial charge in [0.1, 0.15) is 13.1 Å². The number of amides is 4. The van der Waals surface area contributed by atoms with Gasteiger partial charge in [-0.05, 0) is 20.0 Å². The van der Waals surface area contributed by atoms with E-state index in [1.807, 2.05) is 14.1 Å². The molecular formula is C13H22N4O3. The number of nitrogens with zero attached hydrogens (tertiary/aromatic N) is 3. The number of rotatable bonds is 4. The van der Waals surface area contributed by atoms with E-state index in [0.29, 0.717) is 18.5 Å². The van der Waals surface area contributed by atoms with Crippen molar-refractivity contribution in [3.05, 3.63) is 0 Å². The van der Waals surface area contributed by atoms with Crippen LogP contribution in [0.4, 0.5) is 4.79 Å². The van der Waals surface area contributed by atoms with Crippen LogP contribution in [-0.2, 0) is 9.59 Å². The summed E-state index contributed by atoms with van der Waals surface area (Å²) in [6.07, 6.45) is 1.02. The Balaban J connectivity index is 1.94. The minimum atomic E-state index is -0.473. The van der Waals surface area contributed by atoms with Crippen molar-refractivity contribution in [2.24, 2.45) is 5.92 Å². The largest absolute Gasteiger partial charge is 0.339 e. The molecule has 0 aromatic heterocycles. The van der Waals surface area contributed by atoms with Crippen molar-refractivity contribution in [1.29, 1.82) is 0 Å². The van der Waals surface area contributed by atoms with E-state index in [1.54, 1.807) is 4.90 Å². The standard InChI is InChI=1S/C13H22N4O3/c1-4-9-5-16(6-10(9)15(2)3)12(19)8-17-7-11(18)14-13(17)20/h9-10H,4-8H2,1-3H3,(H,14,18,20)/t9-,10+/m0/s1. The van der Waals surface area contributed by atoms with Crippen LogP contribution in [0, 0.1) is 5.92 Å². The van der Waals surface area contributed by atoms with E-state index >= 15 is 0 Å². The quantitative estimate of drug-likeness (QED) is 0.695. The van der Waals surface area contributed by atoms with Gasteiger partial charge in [0.05, 0.1) is 0 Å². The van der Waals surface area contributed by atoms with Crippen molar-refractivity contribution in [2.75, 3.05) is 40.3 Å². The van der Waals surface area contributed by atoms with E-state index in [-0.39, 0.29) is 24.9 Å². The zero-order chi connectivity index (χ0) is 14.9. The van der Waals surface area contributed by atoms with Gasteiger partial charge < -0.3 is 14.7 Å². The maximum atomic E-state index is 12.3. The van der Waals surface area contributed by atoms with Crippen molar-refractivity contribution in [3.63, 3.8) is 0 Å². The predicted octanol–water partition coefficient (Wildman–Crippen LogP) is -0.663. The molecule has 112 valence electrons. The molecule has 0 saturated carbocycles. The summed E-state index contributed by atoms with van der Waals surface area (Å²) in [5.74, 6) is 0.0301. The molecule has 2 aliphatic rings. The molecule has 2 rings (SSSR count). The van der Waals surface area contributed by atoms with Crippen LogP contribution in [0.25, 0.3) is 0 Å². The van der Waals surface area contributed by atoms with Gasteiger partial charge in [-0.3, -0.25) is 14.9 Å². The van der Waals surface area contributed by atoms with Gasteiger partial charge in [-0.25, -0.2) is 4.79 Å². The third-order valence-corrected chi connectivity index (χ3v) is 4.14. The van der Waals surface area contributed by atoms with E-state index in [9.17, 15) is 14.4 Å². The fourth-order valence-corrected chi connectivity index (χ4v) is 2.92. The van der Waals surface area contributed by atoms with Gasteiger partial charge in [0.15, 0.2) is 0 Å². The SMILES string of the molecule is CC[C@H]1CN(C(=O)CN2CC(=O)NC2=O)C[C@H]1N(C)C. The number of hydrogen-bond donors (Lipinski definition) is 1. The molecule has 2 heterocycles. The summed E-state index contributed by atoms with van der Waals surface area (Å²) in [6.45, 7) is 3.50. The molecule has 2 saturated heterocycles. The lowest BCUT2D eigenvalue weighted by Gasteiger charge is -2.24. The highest BCUT2D eigenvalue weighted by molar-refractivity contribution is 6.03. The van der Waals surface area contributed by atoms with Crippen LogP contribution in [0.3, 0.4) is 0 Å². The van der Waals surface area contributed by atoms with Gasteiger partial charge >= 0.3 is 6.03 Å². The lowest BCUT2D eigenvalue weighted by atomic mass is 10.0. The Morgan fingerprint density at radius 2 is 2.05 bits per heavy atom. The fraction of sp³-hybridized carbons (Fsp3) is 0.769. The lowest BCUT2D eigenvalue weighted by Crippen LogP contribution is -2.42. The second-order valence-electron chi connectivity index (χ2n) is 5.71. The van der Waals surface area contributed by atoms with Crippen molar-refractivity contribution in [1.82, 2.24) is 20.0 Å². The number of likely N-dealkylation sites (tertiary alicyclic amines) is 1. The Morgan fingerprint density at radius 1 is 1.35 bits per heavy atom. The molecule has 0 bridgehead atoms. The van der Waals surface area contributed by atoms with Crippen molar-refractivity contribution in [2.45, 2.75) is 19.4 Å². The van der Waals surface area contributed by atoms with E-state index in [4.69, 9.17) is 0 Å². The minimum absolute atomic E-state index is 0.0197. The lowest BCUT2D eigenvalue weighted by molar-refractivity contribution is -0.131. The highest BCUT2D eigenvalue weighted by Crippen LogP contribution is 2.23. The first kappa shape index (κ1) is 14.8. The molecule has 0 unspecified atom stereocenters. The Labute approximate surface area is 118 Å². The second-order valence-corrected chi connectivity index (χ2v) is 5.71. The van der Waals surface area contributed by atoms with Crippen LogP contribution in [0.1, 0.15) is 13.3 Å². The highest BCUT2D eigenvalue weighted by atomic mass is 16.2. The molecule has 0 aliphatic carbocycles. The maximum absolute atomic E-state index is 12.3. The topological polar surface area (TPSA) is 73.0 Å². The first-order chi connectivity index (χ1) is 9.42. The summed E-state index contributed by atoms with van der Waals surface area (Å²) in [4.78, 5) is 40.0. The third kappa shape index (κ3) is 2.92. The average molecular weight is 282 g/mol. The number of imide groups is 1. The summed E-state index contributed by atoms with van der Waals surface area (Å²) >= 11 is 0. The van der Waals surface area contributed by atoms with Crippen LogP contribution in [0.15, 0.2) is 0 Å². The van der Waals surface area contributed by atoms with Crippen molar-refractivity contribution < 1.29 is 14.4 Å². The number of carbonyl (C=O) groups excluding carboxylic acids is 3. The smallest absolute Gasteiger partial charge is 0.325 e. The molecule has 7 heteroatoms. The molecule has 20 heavy (non-hydrogen) atoms. The van der Waals surface area contributed by atoms with Crippen LogP contribution in [-0.4, -0.2) is 78.9 Å². The van der Waals surface area contributed by atoms with Crippen LogP contribution < -0.4 is 5.32 Å². The molecule has 0 spiro atoms. The number of urea groups is 1. The highest BCUT2D eigenvalue weighted by Gasteiger charge is 2.37. The molecular weight excluding hydrogens is 260 g/mol. The summed E-state index contributed by atoms with van der Waals surface area (Å²) in [5.41, 5.74) is 0. The summed E-state index contributed by atoms with van der Waals surface area (Å²) in [7, 11) is 4.04. The maximum Gasteiger partial charge on any atom is 0.325 e. The van der Waals surface area contributed by atoms with E-state index in [1.165, 1.54) is 4.90 Å². The Morgan fingerprint density at radius 3 is 2.50 bits per heavy atom. The molecule has 0 radical (unpaired) electrons. The molecule has 2 atom stereocenters. The van der Waals surface area contributed by atoms with Gasteiger partial charge in [0.25, 0.3) is 0 Å². The van der Waals surface area contributed by atoms with Gasteiger partial charge in [0.2, 0.25) is 11.8 Å². The second kappa shape index (κ2) is 5.78. The molecule has 2 fully saturated rings. The molecule has 4 amide bonds. The first-order valence-corrected chi connectivity index (χ1v) is 6.95. The number of likely N-dealkylation sites (N-methyl/N-ethyl adjacent to an activating group) is 1. The zero-order valence-electron chi connectivity index (χ0n) is 12.3. The summed E-state index contributed by atoms with van der Waals surface area (Å²) in [6, 6.07) is -0.114. The van der Waals surface area contributed by atoms with Gasteiger partial charge in [-0.2, -0.15) is 0 Å². The number of carbonyl (C=O) groups is 3. The van der Waals surface area contributed by atoms with Crippen molar-refractivity contribution >= 4 is 17.8 Å². The van der Waals surface area contributed by atoms with E-state index < -0.39 is 6.03 Å². The normalized spacial score (nSPS) is 26.6. The Hall–Kier alpha value is -1.63. The molecule has 7 nitrogen and oxygen atoms in total. The zero-order valence-corrected chi connectivity index (χ0v) is 12.3. The van der Waals surface area contributed by atoms with E-state index in [0.717, 1.165) is 13.0 Å².